The Kier molecular flexibility index (Phi) is 5.96. The molecule has 0 bridgehead atoms. The van der Waals surface area contributed by atoms with Gasteiger partial charge in [-0.05, 0) is 73.2 Å². The number of ether oxygens (including phenoxy) is 1. The minimum absolute atomic E-state index is 0.224. The zero-order chi connectivity index (χ0) is 24.6. The van der Waals surface area contributed by atoms with Crippen molar-refractivity contribution < 1.29 is 19.7 Å². The molecule has 1 atom stereocenters. The summed E-state index contributed by atoms with van der Waals surface area (Å²) in [7, 11) is 1.60. The molecule has 8 nitrogen and oxygen atoms in total. The zero-order valence-corrected chi connectivity index (χ0v) is 20.1. The molecule has 0 saturated carbocycles. The van der Waals surface area contributed by atoms with Crippen molar-refractivity contribution in [2.45, 2.75) is 31.8 Å². The van der Waals surface area contributed by atoms with Crippen LogP contribution >= 0.6 is 11.3 Å². The number of nitrogens with one attached hydrogen (secondary N) is 1. The lowest BCUT2D eigenvalue weighted by Crippen LogP contribution is -2.32. The first-order chi connectivity index (χ1) is 16.9. The SMILES string of the molecule is COc1ccnc(Nc2cc(C)cc(-c3cnc(C4(O)CCCc5cc(C(=O)O)ccc54)s3)n2)c1. The molecule has 1 aliphatic rings. The fraction of sp³-hybridized carbons (Fsp3) is 0.231. The Labute approximate surface area is 206 Å². The van der Waals surface area contributed by atoms with Crippen LogP contribution in [0.2, 0.25) is 0 Å². The third-order valence-corrected chi connectivity index (χ3v) is 7.26. The van der Waals surface area contributed by atoms with Crippen LogP contribution in [0.1, 0.15) is 44.9 Å². The van der Waals surface area contributed by atoms with E-state index in [0.717, 1.165) is 40.1 Å². The van der Waals surface area contributed by atoms with Crippen molar-refractivity contribution in [2.24, 2.45) is 0 Å². The van der Waals surface area contributed by atoms with Gasteiger partial charge >= 0.3 is 5.97 Å². The maximum absolute atomic E-state index is 11.7. The summed E-state index contributed by atoms with van der Waals surface area (Å²) in [6, 6.07) is 12.4. The van der Waals surface area contributed by atoms with Gasteiger partial charge in [-0.3, -0.25) is 0 Å². The van der Waals surface area contributed by atoms with Crippen LogP contribution in [0.3, 0.4) is 0 Å². The van der Waals surface area contributed by atoms with E-state index < -0.39 is 11.6 Å². The summed E-state index contributed by atoms with van der Waals surface area (Å²) in [6.45, 7) is 1.99. The van der Waals surface area contributed by atoms with Crippen LogP contribution in [0.15, 0.2) is 54.9 Å². The molecule has 1 aromatic carbocycles. The predicted molar refractivity (Wildman–Crippen MR) is 133 cm³/mol. The first kappa shape index (κ1) is 22.9. The van der Waals surface area contributed by atoms with Crippen molar-refractivity contribution in [3.8, 4) is 16.3 Å². The maximum atomic E-state index is 11.7. The molecule has 35 heavy (non-hydrogen) atoms. The van der Waals surface area contributed by atoms with E-state index in [0.29, 0.717) is 28.8 Å². The Bertz CT molecular complexity index is 1420. The highest BCUT2D eigenvalue weighted by atomic mass is 32.1. The third-order valence-electron chi connectivity index (χ3n) is 6.09. The zero-order valence-electron chi connectivity index (χ0n) is 19.3. The molecule has 0 aliphatic heterocycles. The molecule has 1 aliphatic carbocycles. The number of aryl methyl sites for hydroxylation is 2. The van der Waals surface area contributed by atoms with E-state index in [2.05, 4.69) is 15.3 Å². The van der Waals surface area contributed by atoms with Gasteiger partial charge in [0.25, 0.3) is 0 Å². The van der Waals surface area contributed by atoms with Crippen LogP contribution in [0.4, 0.5) is 11.6 Å². The Morgan fingerprint density at radius 1 is 1.14 bits per heavy atom. The molecule has 3 aromatic heterocycles. The van der Waals surface area contributed by atoms with Gasteiger partial charge in [-0.1, -0.05) is 6.07 Å². The van der Waals surface area contributed by atoms with E-state index >= 15 is 0 Å². The van der Waals surface area contributed by atoms with Gasteiger partial charge in [-0.2, -0.15) is 0 Å². The van der Waals surface area contributed by atoms with Crippen molar-refractivity contribution in [3.05, 3.63) is 82.1 Å². The quantitative estimate of drug-likeness (QED) is 0.350. The summed E-state index contributed by atoms with van der Waals surface area (Å²) < 4.78 is 5.26. The number of aliphatic hydroxyl groups is 1. The number of anilines is 2. The largest absolute Gasteiger partial charge is 0.497 e. The second-order valence-corrected chi connectivity index (χ2v) is 9.57. The second-order valence-electron chi connectivity index (χ2n) is 8.54. The van der Waals surface area contributed by atoms with Crippen molar-refractivity contribution in [3.63, 3.8) is 0 Å². The van der Waals surface area contributed by atoms with E-state index in [1.807, 2.05) is 19.1 Å². The molecular formula is C26H24N4O4S. The number of carboxylic acid groups (broad SMARTS) is 1. The van der Waals surface area contributed by atoms with Gasteiger partial charge in [0.2, 0.25) is 0 Å². The fourth-order valence-electron chi connectivity index (χ4n) is 4.41. The fourth-order valence-corrected chi connectivity index (χ4v) is 5.42. The van der Waals surface area contributed by atoms with Crippen LogP contribution in [-0.4, -0.2) is 38.2 Å². The molecule has 0 fully saturated rings. The number of carbonyl (C=O) groups is 1. The number of thiazole rings is 1. The lowest BCUT2D eigenvalue weighted by Gasteiger charge is -2.33. The summed E-state index contributed by atoms with van der Waals surface area (Å²) in [5.41, 5.74) is 2.28. The van der Waals surface area contributed by atoms with Crippen LogP contribution in [0.25, 0.3) is 10.6 Å². The van der Waals surface area contributed by atoms with E-state index in [1.165, 1.54) is 11.3 Å². The smallest absolute Gasteiger partial charge is 0.335 e. The number of benzene rings is 1. The average molecular weight is 489 g/mol. The Balaban J connectivity index is 1.47. The number of fused-ring (bicyclic) bond motifs is 1. The summed E-state index contributed by atoms with van der Waals surface area (Å²) in [4.78, 5) is 25.8. The van der Waals surface area contributed by atoms with Crippen molar-refractivity contribution in [2.75, 3.05) is 12.4 Å². The van der Waals surface area contributed by atoms with Crippen molar-refractivity contribution in [1.29, 1.82) is 0 Å². The van der Waals surface area contributed by atoms with E-state index in [-0.39, 0.29) is 5.56 Å². The Hall–Kier alpha value is -3.82. The molecule has 3 N–H and O–H groups in total. The molecular weight excluding hydrogens is 464 g/mol. The topological polar surface area (TPSA) is 117 Å². The molecule has 0 saturated heterocycles. The molecule has 178 valence electrons. The van der Waals surface area contributed by atoms with Gasteiger partial charge in [0.15, 0.2) is 0 Å². The molecule has 5 rings (SSSR count). The number of aromatic nitrogens is 3. The summed E-state index contributed by atoms with van der Waals surface area (Å²) >= 11 is 1.39. The third kappa shape index (κ3) is 4.48. The van der Waals surface area contributed by atoms with Gasteiger partial charge in [0.05, 0.1) is 23.2 Å². The standard InChI is InChI=1S/C26H24N4O4S/c1-15-10-20(29-23(11-15)30-22-13-18(34-2)7-9-27-22)21-14-28-25(35-21)26(33)8-3-4-16-12-17(24(31)32)5-6-19(16)26/h5-7,9-14,33H,3-4,8H2,1-2H3,(H,31,32)(H,27,29,30). The molecule has 3 heterocycles. The average Bonchev–Trinajstić information content (AvgIpc) is 3.35. The van der Waals surface area contributed by atoms with Crippen LogP contribution in [-0.2, 0) is 12.0 Å². The molecule has 0 amide bonds. The molecule has 9 heteroatoms. The number of hydrogen-bond donors (Lipinski definition) is 3. The highest BCUT2D eigenvalue weighted by molar-refractivity contribution is 7.15. The molecule has 0 spiro atoms. The monoisotopic (exact) mass is 488 g/mol. The number of carboxylic acids is 1. The molecule has 1 unspecified atom stereocenters. The first-order valence-corrected chi connectivity index (χ1v) is 12.0. The number of aromatic carboxylic acids is 1. The molecule has 4 aromatic rings. The van der Waals surface area contributed by atoms with Gasteiger partial charge in [-0.15, -0.1) is 11.3 Å². The number of methoxy groups -OCH3 is 1. The summed E-state index contributed by atoms with van der Waals surface area (Å²) in [5.74, 6) is 0.974. The lowest BCUT2D eigenvalue weighted by atomic mass is 9.79. The number of nitrogens with zero attached hydrogens (tertiary/aromatic N) is 3. The van der Waals surface area contributed by atoms with E-state index in [1.54, 1.807) is 49.8 Å². The maximum Gasteiger partial charge on any atom is 0.335 e. The van der Waals surface area contributed by atoms with E-state index in [9.17, 15) is 15.0 Å². The van der Waals surface area contributed by atoms with Crippen LogP contribution in [0.5, 0.6) is 5.75 Å². The lowest BCUT2D eigenvalue weighted by molar-refractivity contribution is 0.0607. The minimum atomic E-state index is -1.26. The molecule has 0 radical (unpaired) electrons. The Morgan fingerprint density at radius 3 is 2.80 bits per heavy atom. The highest BCUT2D eigenvalue weighted by Crippen LogP contribution is 2.43. The van der Waals surface area contributed by atoms with Gasteiger partial charge < -0.3 is 20.3 Å². The first-order valence-electron chi connectivity index (χ1n) is 11.2. The summed E-state index contributed by atoms with van der Waals surface area (Å²) in [6.07, 6.45) is 5.38. The predicted octanol–water partition coefficient (Wildman–Crippen LogP) is 4.93. The number of rotatable bonds is 6. The summed E-state index contributed by atoms with van der Waals surface area (Å²) in [5, 5.41) is 24.8. The van der Waals surface area contributed by atoms with Crippen molar-refractivity contribution >= 4 is 28.9 Å². The van der Waals surface area contributed by atoms with Crippen molar-refractivity contribution in [1.82, 2.24) is 15.0 Å². The van der Waals surface area contributed by atoms with Gasteiger partial charge in [0.1, 0.15) is 28.0 Å². The number of hydrogen-bond acceptors (Lipinski definition) is 8. The van der Waals surface area contributed by atoms with E-state index in [4.69, 9.17) is 9.72 Å². The normalized spacial score (nSPS) is 17.0. The minimum Gasteiger partial charge on any atom is -0.497 e. The second kappa shape index (κ2) is 9.09. The Morgan fingerprint density at radius 2 is 2.00 bits per heavy atom. The van der Waals surface area contributed by atoms with Gasteiger partial charge in [-0.25, -0.2) is 19.7 Å². The van der Waals surface area contributed by atoms with Crippen LogP contribution in [0, 0.1) is 6.92 Å². The highest BCUT2D eigenvalue weighted by Gasteiger charge is 2.39. The van der Waals surface area contributed by atoms with Gasteiger partial charge in [0, 0.05) is 18.5 Å². The number of pyridine rings is 2. The van der Waals surface area contributed by atoms with Crippen LogP contribution < -0.4 is 10.1 Å².